The van der Waals surface area contributed by atoms with E-state index in [0.717, 1.165) is 18.2 Å². The molecule has 2 aromatic rings. The van der Waals surface area contributed by atoms with Gasteiger partial charge in [-0.25, -0.2) is 0 Å². The van der Waals surface area contributed by atoms with E-state index in [-0.39, 0.29) is 17.5 Å². The fourth-order valence-electron chi connectivity index (χ4n) is 2.61. The van der Waals surface area contributed by atoms with Gasteiger partial charge in [-0.2, -0.15) is 0 Å². The maximum Gasteiger partial charge on any atom is 0.268 e. The van der Waals surface area contributed by atoms with Crippen LogP contribution in [0.4, 0.5) is 0 Å². The summed E-state index contributed by atoms with van der Waals surface area (Å²) in [6, 6.07) is 9.49. The van der Waals surface area contributed by atoms with Crippen molar-refractivity contribution < 1.29 is 4.79 Å². The number of fused-ring (bicyclic) bond motifs is 1. The van der Waals surface area contributed by atoms with Crippen LogP contribution >= 0.6 is 0 Å². The lowest BCUT2D eigenvalue weighted by atomic mass is 9.93. The summed E-state index contributed by atoms with van der Waals surface area (Å²) in [5, 5.41) is 4.48. The number of nitrogens with one attached hydrogen (secondary N) is 1. The molecular weight excluding hydrogens is 252 g/mol. The zero-order valence-electron chi connectivity index (χ0n) is 11.6. The highest BCUT2D eigenvalue weighted by Crippen LogP contribution is 2.19. The number of pyridine rings is 1. The summed E-state index contributed by atoms with van der Waals surface area (Å²) in [5.74, 6) is -0.139. The van der Waals surface area contributed by atoms with Crippen LogP contribution in [-0.4, -0.2) is 16.5 Å². The van der Waals surface area contributed by atoms with E-state index in [9.17, 15) is 9.59 Å². The van der Waals surface area contributed by atoms with Crippen LogP contribution in [0.1, 0.15) is 36.7 Å². The van der Waals surface area contributed by atoms with E-state index in [2.05, 4.69) is 5.32 Å². The predicted molar refractivity (Wildman–Crippen MR) is 79.0 cm³/mol. The van der Waals surface area contributed by atoms with Gasteiger partial charge in [0.15, 0.2) is 0 Å². The van der Waals surface area contributed by atoms with Crippen molar-refractivity contribution in [3.05, 3.63) is 46.4 Å². The number of amides is 1. The molecule has 1 aromatic carbocycles. The number of rotatable bonds is 3. The normalized spacial score (nSPS) is 15.1. The Labute approximate surface area is 117 Å². The van der Waals surface area contributed by atoms with E-state index in [0.29, 0.717) is 17.6 Å². The smallest absolute Gasteiger partial charge is 0.268 e. The summed E-state index contributed by atoms with van der Waals surface area (Å²) in [5.41, 5.74) is 0.368. The van der Waals surface area contributed by atoms with Crippen LogP contribution in [-0.2, 0) is 6.54 Å². The molecule has 0 spiro atoms. The molecule has 4 nitrogen and oxygen atoms in total. The number of hydrogen-bond acceptors (Lipinski definition) is 2. The molecule has 1 aliphatic carbocycles. The molecule has 1 saturated carbocycles. The van der Waals surface area contributed by atoms with Gasteiger partial charge in [0.05, 0.1) is 0 Å². The van der Waals surface area contributed by atoms with E-state index >= 15 is 0 Å². The molecule has 0 saturated heterocycles. The highest BCUT2D eigenvalue weighted by molar-refractivity contribution is 5.96. The minimum atomic E-state index is -0.139. The van der Waals surface area contributed by atoms with Gasteiger partial charge in [0.1, 0.15) is 5.69 Å². The molecule has 1 N–H and O–H groups in total. The van der Waals surface area contributed by atoms with Crippen LogP contribution in [0.15, 0.2) is 35.1 Å². The maximum absolute atomic E-state index is 12.4. The lowest BCUT2D eigenvalue weighted by Crippen LogP contribution is -2.41. The lowest BCUT2D eigenvalue weighted by molar-refractivity contribution is 0.0906. The van der Waals surface area contributed by atoms with Gasteiger partial charge < -0.3 is 9.88 Å². The van der Waals surface area contributed by atoms with Crippen molar-refractivity contribution in [1.82, 2.24) is 9.88 Å². The van der Waals surface area contributed by atoms with Crippen molar-refractivity contribution in [2.45, 2.75) is 38.8 Å². The van der Waals surface area contributed by atoms with Crippen molar-refractivity contribution in [2.75, 3.05) is 0 Å². The van der Waals surface area contributed by atoms with Crippen LogP contribution in [0.25, 0.3) is 10.8 Å². The van der Waals surface area contributed by atoms with Crippen molar-refractivity contribution in [2.24, 2.45) is 0 Å². The van der Waals surface area contributed by atoms with Gasteiger partial charge in [-0.1, -0.05) is 18.2 Å². The second kappa shape index (κ2) is 5.12. The molecular formula is C16H18N2O2. The van der Waals surface area contributed by atoms with E-state index in [1.807, 2.05) is 31.2 Å². The van der Waals surface area contributed by atoms with Gasteiger partial charge in [-0.05, 0) is 43.7 Å². The van der Waals surface area contributed by atoms with Gasteiger partial charge in [0.25, 0.3) is 11.5 Å². The first-order valence-electron chi connectivity index (χ1n) is 7.14. The Bertz CT molecular complexity index is 714. The standard InChI is InChI=1S/C16H18N2O2/c1-2-18-14(15(19)17-12-7-5-8-12)10-11-6-3-4-9-13(11)16(18)20/h3-4,6,9-10,12H,2,5,7-8H2,1H3,(H,17,19). The second-order valence-corrected chi connectivity index (χ2v) is 5.27. The van der Waals surface area contributed by atoms with Gasteiger partial charge >= 0.3 is 0 Å². The minimum Gasteiger partial charge on any atom is -0.348 e. The third-order valence-corrected chi connectivity index (χ3v) is 4.01. The number of nitrogens with zero attached hydrogens (tertiary/aromatic N) is 1. The largest absolute Gasteiger partial charge is 0.348 e. The zero-order valence-corrected chi connectivity index (χ0v) is 11.6. The highest BCUT2D eigenvalue weighted by atomic mass is 16.2. The summed E-state index contributed by atoms with van der Waals surface area (Å²) in [6.45, 7) is 2.38. The first-order valence-corrected chi connectivity index (χ1v) is 7.14. The Balaban J connectivity index is 2.08. The first-order chi connectivity index (χ1) is 9.70. The summed E-state index contributed by atoms with van der Waals surface area (Å²) in [4.78, 5) is 24.8. The molecule has 0 aliphatic heterocycles. The van der Waals surface area contributed by atoms with Crippen molar-refractivity contribution >= 4 is 16.7 Å². The summed E-state index contributed by atoms with van der Waals surface area (Å²) < 4.78 is 1.55. The number of benzene rings is 1. The molecule has 0 radical (unpaired) electrons. The SMILES string of the molecule is CCn1c(C(=O)NC2CCC2)cc2ccccc2c1=O. The maximum atomic E-state index is 12.4. The quantitative estimate of drug-likeness (QED) is 0.930. The Kier molecular flexibility index (Phi) is 3.30. The fourth-order valence-corrected chi connectivity index (χ4v) is 2.61. The van der Waals surface area contributed by atoms with Crippen molar-refractivity contribution in [3.8, 4) is 0 Å². The zero-order chi connectivity index (χ0) is 14.1. The Morgan fingerprint density at radius 2 is 2.10 bits per heavy atom. The Morgan fingerprint density at radius 1 is 1.35 bits per heavy atom. The van der Waals surface area contributed by atoms with Crippen LogP contribution in [0.3, 0.4) is 0 Å². The highest BCUT2D eigenvalue weighted by Gasteiger charge is 2.22. The summed E-state index contributed by atoms with van der Waals surface area (Å²) >= 11 is 0. The first kappa shape index (κ1) is 12.9. The van der Waals surface area contributed by atoms with E-state index in [4.69, 9.17) is 0 Å². The monoisotopic (exact) mass is 270 g/mol. The Morgan fingerprint density at radius 3 is 2.75 bits per heavy atom. The molecule has 0 atom stereocenters. The molecule has 4 heteroatoms. The van der Waals surface area contributed by atoms with Crippen LogP contribution in [0, 0.1) is 0 Å². The summed E-state index contributed by atoms with van der Waals surface area (Å²) in [6.07, 6.45) is 3.24. The molecule has 1 aromatic heterocycles. The number of carbonyl (C=O) groups is 1. The van der Waals surface area contributed by atoms with Gasteiger partial charge in [0, 0.05) is 18.0 Å². The molecule has 0 bridgehead atoms. The van der Waals surface area contributed by atoms with Gasteiger partial charge in [-0.3, -0.25) is 9.59 Å². The lowest BCUT2D eigenvalue weighted by Gasteiger charge is -2.26. The van der Waals surface area contributed by atoms with Gasteiger partial charge in [-0.15, -0.1) is 0 Å². The van der Waals surface area contributed by atoms with E-state index < -0.39 is 0 Å². The third kappa shape index (κ3) is 2.11. The average molecular weight is 270 g/mol. The molecule has 20 heavy (non-hydrogen) atoms. The van der Waals surface area contributed by atoms with Crippen LogP contribution < -0.4 is 10.9 Å². The van der Waals surface area contributed by atoms with Crippen molar-refractivity contribution in [3.63, 3.8) is 0 Å². The van der Waals surface area contributed by atoms with Crippen molar-refractivity contribution in [1.29, 1.82) is 0 Å². The fraction of sp³-hybridized carbons (Fsp3) is 0.375. The molecule has 1 fully saturated rings. The Hall–Kier alpha value is -2.10. The third-order valence-electron chi connectivity index (χ3n) is 4.01. The number of carbonyl (C=O) groups excluding carboxylic acids is 1. The number of hydrogen-bond donors (Lipinski definition) is 1. The molecule has 1 aliphatic rings. The van der Waals surface area contributed by atoms with E-state index in [1.54, 1.807) is 10.6 Å². The molecule has 3 rings (SSSR count). The molecule has 1 heterocycles. The van der Waals surface area contributed by atoms with E-state index in [1.165, 1.54) is 6.42 Å². The van der Waals surface area contributed by atoms with Crippen LogP contribution in [0.5, 0.6) is 0 Å². The van der Waals surface area contributed by atoms with Crippen LogP contribution in [0.2, 0.25) is 0 Å². The second-order valence-electron chi connectivity index (χ2n) is 5.27. The molecule has 0 unspecified atom stereocenters. The summed E-state index contributed by atoms with van der Waals surface area (Å²) in [7, 11) is 0. The molecule has 1 amide bonds. The predicted octanol–water partition coefficient (Wildman–Crippen LogP) is 2.30. The molecule has 104 valence electrons. The van der Waals surface area contributed by atoms with Gasteiger partial charge in [0.2, 0.25) is 0 Å². The topological polar surface area (TPSA) is 51.1 Å². The minimum absolute atomic E-state index is 0.0932. The average Bonchev–Trinajstić information content (AvgIpc) is 2.42. The number of aromatic nitrogens is 1.